The molecular formula is C15H27BrN2O. The van der Waals surface area contributed by atoms with Gasteiger partial charge < -0.3 is 14.5 Å². The first-order chi connectivity index (χ1) is 9.11. The van der Waals surface area contributed by atoms with Gasteiger partial charge in [0, 0.05) is 32.7 Å². The van der Waals surface area contributed by atoms with Gasteiger partial charge in [-0.25, -0.2) is 0 Å². The molecule has 0 saturated carbocycles. The zero-order chi connectivity index (χ0) is 14.1. The highest BCUT2D eigenvalue weighted by Crippen LogP contribution is 2.10. The highest BCUT2D eigenvalue weighted by molar-refractivity contribution is 9.11. The Morgan fingerprint density at radius 3 is 2.53 bits per heavy atom. The van der Waals surface area contributed by atoms with E-state index in [4.69, 9.17) is 4.74 Å². The lowest BCUT2D eigenvalue weighted by atomic mass is 10.3. The van der Waals surface area contributed by atoms with Crippen molar-refractivity contribution in [1.82, 2.24) is 9.80 Å². The molecule has 0 aromatic heterocycles. The Labute approximate surface area is 126 Å². The topological polar surface area (TPSA) is 15.7 Å². The summed E-state index contributed by atoms with van der Waals surface area (Å²) in [7, 11) is 2.19. The second-order valence-electron chi connectivity index (χ2n) is 5.09. The Kier molecular flexibility index (Phi) is 8.42. The van der Waals surface area contributed by atoms with Gasteiger partial charge in [0.1, 0.15) is 0 Å². The van der Waals surface area contributed by atoms with Crippen LogP contribution in [0.1, 0.15) is 26.7 Å². The van der Waals surface area contributed by atoms with Crippen LogP contribution in [0, 0.1) is 0 Å². The van der Waals surface area contributed by atoms with Crippen molar-refractivity contribution >= 4 is 15.9 Å². The van der Waals surface area contributed by atoms with E-state index in [1.54, 1.807) is 0 Å². The largest absolute Gasteiger partial charge is 0.498 e. The normalized spacial score (nSPS) is 19.8. The fourth-order valence-electron chi connectivity index (χ4n) is 1.97. The van der Waals surface area contributed by atoms with Gasteiger partial charge in [0.15, 0.2) is 0 Å². The molecule has 4 heteroatoms. The van der Waals surface area contributed by atoms with Crippen molar-refractivity contribution in [2.24, 2.45) is 0 Å². The molecule has 1 saturated heterocycles. The van der Waals surface area contributed by atoms with Crippen LogP contribution >= 0.6 is 15.9 Å². The number of hydrogen-bond acceptors (Lipinski definition) is 3. The van der Waals surface area contributed by atoms with E-state index in [1.807, 2.05) is 13.0 Å². The second-order valence-corrected chi connectivity index (χ2v) is 6.11. The van der Waals surface area contributed by atoms with Crippen molar-refractivity contribution in [1.29, 1.82) is 0 Å². The van der Waals surface area contributed by atoms with Crippen molar-refractivity contribution in [3.63, 3.8) is 0 Å². The summed E-state index contributed by atoms with van der Waals surface area (Å²) in [6.07, 6.45) is 6.22. The van der Waals surface area contributed by atoms with Crippen molar-refractivity contribution in [2.45, 2.75) is 26.7 Å². The number of piperazine rings is 1. The summed E-state index contributed by atoms with van der Waals surface area (Å²) < 4.78 is 6.91. The Hall–Kier alpha value is -0.320. The van der Waals surface area contributed by atoms with Crippen molar-refractivity contribution in [3.8, 4) is 0 Å². The third-order valence-corrected chi connectivity index (χ3v) is 4.21. The van der Waals surface area contributed by atoms with E-state index in [2.05, 4.69) is 45.8 Å². The van der Waals surface area contributed by atoms with Crippen LogP contribution < -0.4 is 0 Å². The lowest BCUT2D eigenvalue weighted by molar-refractivity contribution is 0.135. The van der Waals surface area contributed by atoms with Crippen LogP contribution in [0.3, 0.4) is 0 Å². The molecule has 1 rings (SSSR count). The van der Waals surface area contributed by atoms with Crippen molar-refractivity contribution in [3.05, 3.63) is 22.4 Å². The van der Waals surface area contributed by atoms with E-state index < -0.39 is 0 Å². The van der Waals surface area contributed by atoms with Crippen molar-refractivity contribution in [2.75, 3.05) is 46.4 Å². The maximum absolute atomic E-state index is 5.71. The van der Waals surface area contributed by atoms with E-state index in [1.165, 1.54) is 30.7 Å². The molecule has 0 amide bonds. The maximum atomic E-state index is 5.71. The van der Waals surface area contributed by atoms with Gasteiger partial charge in [0.25, 0.3) is 0 Å². The van der Waals surface area contributed by atoms with Crippen molar-refractivity contribution < 1.29 is 4.74 Å². The van der Waals surface area contributed by atoms with Crippen LogP contribution in [0.15, 0.2) is 22.4 Å². The van der Waals surface area contributed by atoms with E-state index in [9.17, 15) is 0 Å². The first-order valence-electron chi connectivity index (χ1n) is 7.18. The Morgan fingerprint density at radius 2 is 1.89 bits per heavy atom. The monoisotopic (exact) mass is 330 g/mol. The summed E-state index contributed by atoms with van der Waals surface area (Å²) in [4.78, 5) is 4.91. The molecule has 0 spiro atoms. The van der Waals surface area contributed by atoms with Crippen LogP contribution in [0.4, 0.5) is 0 Å². The molecule has 1 aliphatic rings. The molecule has 0 aliphatic carbocycles. The minimum Gasteiger partial charge on any atom is -0.498 e. The zero-order valence-electron chi connectivity index (χ0n) is 12.5. The molecule has 1 heterocycles. The first-order valence-corrected chi connectivity index (χ1v) is 7.97. The van der Waals surface area contributed by atoms with E-state index >= 15 is 0 Å². The molecule has 3 nitrogen and oxygen atoms in total. The predicted molar refractivity (Wildman–Crippen MR) is 85.6 cm³/mol. The highest BCUT2D eigenvalue weighted by atomic mass is 79.9. The molecule has 19 heavy (non-hydrogen) atoms. The van der Waals surface area contributed by atoms with Crippen LogP contribution in [0.5, 0.6) is 0 Å². The van der Waals surface area contributed by atoms with Crippen LogP contribution in [-0.4, -0.2) is 56.2 Å². The number of halogens is 1. The van der Waals surface area contributed by atoms with Gasteiger partial charge in [-0.2, -0.15) is 0 Å². The molecule has 0 atom stereocenters. The maximum Gasteiger partial charge on any atom is 0.0929 e. The highest BCUT2D eigenvalue weighted by Gasteiger charge is 2.12. The van der Waals surface area contributed by atoms with E-state index in [0.29, 0.717) is 0 Å². The average Bonchev–Trinajstić information content (AvgIpc) is 2.42. The molecular weight excluding hydrogens is 304 g/mol. The van der Waals surface area contributed by atoms with Crippen LogP contribution in [0.25, 0.3) is 0 Å². The Morgan fingerprint density at radius 1 is 1.21 bits per heavy atom. The van der Waals surface area contributed by atoms with Gasteiger partial charge in [-0.15, -0.1) is 0 Å². The number of likely N-dealkylation sites (N-methyl/N-ethyl adjacent to an activating group) is 1. The van der Waals surface area contributed by atoms with E-state index in [-0.39, 0.29) is 0 Å². The van der Waals surface area contributed by atoms with Gasteiger partial charge >= 0.3 is 0 Å². The minimum atomic E-state index is 0.812. The first kappa shape index (κ1) is 16.7. The van der Waals surface area contributed by atoms with Gasteiger partial charge in [-0.05, 0) is 43.4 Å². The summed E-state index contributed by atoms with van der Waals surface area (Å²) in [6, 6.07) is 0. The lowest BCUT2D eigenvalue weighted by Gasteiger charge is -2.32. The van der Waals surface area contributed by atoms with Gasteiger partial charge in [-0.3, -0.25) is 0 Å². The third-order valence-electron chi connectivity index (χ3n) is 3.38. The quantitative estimate of drug-likeness (QED) is 0.405. The fraction of sp³-hybridized carbons (Fsp3) is 0.733. The molecule has 0 unspecified atom stereocenters. The number of rotatable bonds is 7. The number of hydrogen-bond donors (Lipinski definition) is 0. The molecule has 0 bridgehead atoms. The number of allylic oxidation sites excluding steroid dienone is 4. The third kappa shape index (κ3) is 7.75. The summed E-state index contributed by atoms with van der Waals surface area (Å²) in [6.45, 7) is 10.9. The molecule has 0 N–H and O–H groups in total. The Balaban J connectivity index is 2.10. The predicted octanol–water partition coefficient (Wildman–Crippen LogP) is 3.23. The van der Waals surface area contributed by atoms with E-state index in [0.717, 1.165) is 31.8 Å². The lowest BCUT2D eigenvalue weighted by Crippen LogP contribution is -2.44. The molecule has 0 aromatic rings. The molecule has 1 fully saturated rings. The summed E-state index contributed by atoms with van der Waals surface area (Å²) in [5.41, 5.74) is 0. The fourth-order valence-corrected chi connectivity index (χ4v) is 2.10. The smallest absolute Gasteiger partial charge is 0.0929 e. The average molecular weight is 331 g/mol. The van der Waals surface area contributed by atoms with Gasteiger partial charge in [-0.1, -0.05) is 22.9 Å². The van der Waals surface area contributed by atoms with Gasteiger partial charge in [0.05, 0.1) is 12.4 Å². The minimum absolute atomic E-state index is 0.812. The molecule has 1 aliphatic heterocycles. The summed E-state index contributed by atoms with van der Waals surface area (Å²) in [5, 5.41) is 0. The second kappa shape index (κ2) is 9.56. The van der Waals surface area contributed by atoms with Crippen LogP contribution in [0.2, 0.25) is 0 Å². The molecule has 0 radical (unpaired) electrons. The molecule has 110 valence electrons. The van der Waals surface area contributed by atoms with Gasteiger partial charge in [0.2, 0.25) is 0 Å². The summed E-state index contributed by atoms with van der Waals surface area (Å²) in [5.74, 6) is 0.990. The standard InChI is InChI=1S/C15H27BrN2O/c1-4-15(16)7-6-14(2)19-13-5-8-18-11-9-17(3)10-12-18/h6-7H,4-5,8-13H2,1-3H3/b14-6+,15-7+. The summed E-state index contributed by atoms with van der Waals surface area (Å²) >= 11 is 3.49. The zero-order valence-corrected chi connectivity index (χ0v) is 14.1. The van der Waals surface area contributed by atoms with Crippen LogP contribution in [-0.2, 0) is 4.74 Å². The molecule has 0 aromatic carbocycles. The Bertz CT molecular complexity index is 307. The number of nitrogens with zero attached hydrogens (tertiary/aromatic N) is 2. The SMILES string of the molecule is CC/C(Br)=C\C=C(/C)OCCCN1CCN(C)CC1. The number of ether oxygens (including phenoxy) is 1.